The van der Waals surface area contributed by atoms with Crippen LogP contribution in [0, 0.1) is 0 Å². The van der Waals surface area contributed by atoms with Crippen LogP contribution in [0.3, 0.4) is 0 Å². The Morgan fingerprint density at radius 3 is 2.48 bits per heavy atom. The fourth-order valence-electron chi connectivity index (χ4n) is 3.38. The third-order valence-corrected chi connectivity index (χ3v) is 4.66. The van der Waals surface area contributed by atoms with E-state index in [2.05, 4.69) is 13.5 Å². The van der Waals surface area contributed by atoms with Gasteiger partial charge in [-0.15, -0.1) is 6.58 Å². The van der Waals surface area contributed by atoms with Crippen LogP contribution in [0.4, 0.5) is 0 Å². The van der Waals surface area contributed by atoms with Gasteiger partial charge in [-0.3, -0.25) is 4.79 Å². The summed E-state index contributed by atoms with van der Waals surface area (Å²) in [6, 6.07) is 9.66. The fraction of sp³-hybridized carbons (Fsp3) is 0.261. The highest BCUT2D eigenvalue weighted by atomic mass is 16.3. The molecule has 0 aliphatic carbocycles. The maximum absolute atomic E-state index is 13.4. The van der Waals surface area contributed by atoms with Gasteiger partial charge in [0.1, 0.15) is 22.8 Å². The molecule has 0 aliphatic heterocycles. The Bertz CT molecular complexity index is 1010. The van der Waals surface area contributed by atoms with Crippen LogP contribution in [0.25, 0.3) is 22.1 Å². The molecule has 3 aromatic rings. The molecule has 0 bridgehead atoms. The van der Waals surface area contributed by atoms with Gasteiger partial charge in [0.05, 0.1) is 10.9 Å². The summed E-state index contributed by atoms with van der Waals surface area (Å²) in [4.78, 5) is 13.4. The topological polar surface area (TPSA) is 70.7 Å². The molecule has 140 valence electrons. The Balaban J connectivity index is 2.29. The summed E-state index contributed by atoms with van der Waals surface area (Å²) in [5.41, 5.74) is 2.20. The Labute approximate surface area is 158 Å². The van der Waals surface area contributed by atoms with Gasteiger partial charge in [0.2, 0.25) is 5.43 Å². The molecule has 0 amide bonds. The third-order valence-electron chi connectivity index (χ3n) is 4.66. The maximum Gasteiger partial charge on any atom is 0.201 e. The quantitative estimate of drug-likeness (QED) is 0.439. The van der Waals surface area contributed by atoms with Gasteiger partial charge < -0.3 is 14.6 Å². The van der Waals surface area contributed by atoms with E-state index in [-0.39, 0.29) is 16.9 Å². The Kier molecular flexibility index (Phi) is 5.65. The molecule has 4 nitrogen and oxygen atoms in total. The van der Waals surface area contributed by atoms with E-state index in [1.807, 2.05) is 0 Å². The minimum Gasteiger partial charge on any atom is -0.508 e. The molecule has 0 spiro atoms. The molecule has 3 rings (SSSR count). The lowest BCUT2D eigenvalue weighted by molar-refractivity contribution is 0.471. The van der Waals surface area contributed by atoms with Crippen LogP contribution < -0.4 is 5.43 Å². The van der Waals surface area contributed by atoms with Crippen LogP contribution in [0.15, 0.2) is 58.3 Å². The van der Waals surface area contributed by atoms with Crippen molar-refractivity contribution in [3.63, 3.8) is 0 Å². The van der Waals surface area contributed by atoms with E-state index in [4.69, 9.17) is 4.42 Å². The molecular formula is C23H24O4. The molecule has 0 radical (unpaired) electrons. The summed E-state index contributed by atoms with van der Waals surface area (Å²) >= 11 is 0. The second kappa shape index (κ2) is 8.12. The van der Waals surface area contributed by atoms with Crippen molar-refractivity contribution < 1.29 is 14.6 Å². The minimum absolute atomic E-state index is 0.0689. The molecule has 0 saturated heterocycles. The van der Waals surface area contributed by atoms with E-state index in [9.17, 15) is 15.0 Å². The Morgan fingerprint density at radius 2 is 1.81 bits per heavy atom. The number of hydrogen-bond donors (Lipinski definition) is 2. The van der Waals surface area contributed by atoms with Crippen LogP contribution in [-0.2, 0) is 12.8 Å². The highest BCUT2D eigenvalue weighted by Crippen LogP contribution is 2.31. The number of allylic oxidation sites excluding steroid dienone is 1. The predicted molar refractivity (Wildman–Crippen MR) is 108 cm³/mol. The summed E-state index contributed by atoms with van der Waals surface area (Å²) < 4.78 is 6.12. The van der Waals surface area contributed by atoms with Crippen molar-refractivity contribution in [3.8, 4) is 22.6 Å². The molecule has 2 N–H and O–H groups in total. The summed E-state index contributed by atoms with van der Waals surface area (Å²) in [6.07, 6.45) is 5.81. The van der Waals surface area contributed by atoms with Crippen molar-refractivity contribution >= 4 is 11.0 Å². The van der Waals surface area contributed by atoms with Crippen LogP contribution in [0.5, 0.6) is 11.5 Å². The highest BCUT2D eigenvalue weighted by molar-refractivity contribution is 5.87. The molecule has 0 aliphatic rings. The zero-order valence-corrected chi connectivity index (χ0v) is 15.5. The maximum atomic E-state index is 13.4. The second-order valence-corrected chi connectivity index (χ2v) is 6.70. The highest BCUT2D eigenvalue weighted by Gasteiger charge is 2.19. The molecular weight excluding hydrogens is 340 g/mol. The third kappa shape index (κ3) is 3.90. The summed E-state index contributed by atoms with van der Waals surface area (Å²) in [6.45, 7) is 5.86. The first-order valence-electron chi connectivity index (χ1n) is 9.27. The lowest BCUT2D eigenvalue weighted by atomic mass is 9.96. The molecule has 0 atom stereocenters. The number of phenolic OH excluding ortho intramolecular Hbond substituents is 2. The van der Waals surface area contributed by atoms with Gasteiger partial charge in [-0.1, -0.05) is 38.0 Å². The van der Waals surface area contributed by atoms with Gasteiger partial charge in [-0.2, -0.15) is 0 Å². The molecule has 1 heterocycles. The number of aromatic hydroxyl groups is 2. The van der Waals surface area contributed by atoms with Crippen LogP contribution in [-0.4, -0.2) is 10.2 Å². The number of phenols is 2. The van der Waals surface area contributed by atoms with Gasteiger partial charge in [-0.05, 0) is 42.2 Å². The van der Waals surface area contributed by atoms with Crippen molar-refractivity contribution in [2.24, 2.45) is 0 Å². The number of fused-ring (bicyclic) bond motifs is 1. The number of aryl methyl sites for hydroxylation is 1. The van der Waals surface area contributed by atoms with Crippen molar-refractivity contribution in [2.75, 3.05) is 0 Å². The Hall–Kier alpha value is -3.01. The van der Waals surface area contributed by atoms with Gasteiger partial charge in [0, 0.05) is 12.5 Å². The van der Waals surface area contributed by atoms with E-state index in [1.165, 1.54) is 6.07 Å². The first kappa shape index (κ1) is 18.8. The monoisotopic (exact) mass is 364 g/mol. The molecule has 4 heteroatoms. The number of hydrogen-bond acceptors (Lipinski definition) is 4. The molecule has 0 unspecified atom stereocenters. The van der Waals surface area contributed by atoms with Crippen molar-refractivity contribution in [1.29, 1.82) is 0 Å². The summed E-state index contributed by atoms with van der Waals surface area (Å²) in [7, 11) is 0. The van der Waals surface area contributed by atoms with Crippen molar-refractivity contribution in [1.82, 2.24) is 0 Å². The Morgan fingerprint density at radius 1 is 1.07 bits per heavy atom. The first-order valence-corrected chi connectivity index (χ1v) is 9.27. The minimum atomic E-state index is -0.120. The first-order chi connectivity index (χ1) is 13.0. The van der Waals surface area contributed by atoms with E-state index in [0.717, 1.165) is 19.3 Å². The average Bonchev–Trinajstić information content (AvgIpc) is 2.63. The van der Waals surface area contributed by atoms with E-state index in [1.54, 1.807) is 36.4 Å². The summed E-state index contributed by atoms with van der Waals surface area (Å²) in [5.74, 6) is 0.829. The van der Waals surface area contributed by atoms with Crippen LogP contribution in [0.1, 0.15) is 37.5 Å². The largest absolute Gasteiger partial charge is 0.508 e. The average molecular weight is 364 g/mol. The molecule has 1 aromatic heterocycles. The van der Waals surface area contributed by atoms with Crippen LogP contribution >= 0.6 is 0 Å². The second-order valence-electron chi connectivity index (χ2n) is 6.70. The van der Waals surface area contributed by atoms with E-state index < -0.39 is 0 Å². The van der Waals surface area contributed by atoms with E-state index >= 15 is 0 Å². The predicted octanol–water partition coefficient (Wildman–Crippen LogP) is 5.33. The van der Waals surface area contributed by atoms with Crippen molar-refractivity contribution in [2.45, 2.75) is 39.0 Å². The number of benzene rings is 2. The zero-order valence-electron chi connectivity index (χ0n) is 15.5. The number of rotatable bonds is 7. The zero-order chi connectivity index (χ0) is 19.4. The molecule has 2 aromatic carbocycles. The standard InChI is InChI=1S/C23H24O4/c1-3-5-6-8-19-21(15-9-11-17(24)12-10-15)23(26)22-16(7-4-2)13-18(25)14-20(22)27-19/h4,9-14,24-25H,2-3,5-8H2,1H3. The van der Waals surface area contributed by atoms with Gasteiger partial charge in [0.25, 0.3) is 0 Å². The van der Waals surface area contributed by atoms with Gasteiger partial charge >= 0.3 is 0 Å². The molecule has 27 heavy (non-hydrogen) atoms. The van der Waals surface area contributed by atoms with Crippen molar-refractivity contribution in [3.05, 3.63) is 70.6 Å². The lowest BCUT2D eigenvalue weighted by Gasteiger charge is -2.13. The van der Waals surface area contributed by atoms with Gasteiger partial charge in [-0.25, -0.2) is 0 Å². The van der Waals surface area contributed by atoms with E-state index in [0.29, 0.717) is 46.3 Å². The lowest BCUT2D eigenvalue weighted by Crippen LogP contribution is -2.11. The fourth-order valence-corrected chi connectivity index (χ4v) is 3.38. The SMILES string of the molecule is C=CCc1cc(O)cc2oc(CCCCC)c(-c3ccc(O)cc3)c(=O)c12. The van der Waals surface area contributed by atoms with Crippen LogP contribution in [0.2, 0.25) is 0 Å². The van der Waals surface area contributed by atoms with Gasteiger partial charge in [0.15, 0.2) is 0 Å². The smallest absolute Gasteiger partial charge is 0.201 e. The normalized spacial score (nSPS) is 11.0. The number of unbranched alkanes of at least 4 members (excludes halogenated alkanes) is 2. The summed E-state index contributed by atoms with van der Waals surface area (Å²) in [5, 5.41) is 20.1. The molecule has 0 saturated carbocycles. The molecule has 0 fully saturated rings.